The van der Waals surface area contributed by atoms with Crippen molar-refractivity contribution in [3.05, 3.63) is 83.9 Å². The maximum Gasteiger partial charge on any atom is 0.274 e. The number of imidazole rings is 1. The molecule has 1 unspecified atom stereocenters. The summed E-state index contributed by atoms with van der Waals surface area (Å²) in [7, 11) is 0. The van der Waals surface area contributed by atoms with Gasteiger partial charge in [-0.1, -0.05) is 36.4 Å². The highest BCUT2D eigenvalue weighted by molar-refractivity contribution is 5.93. The quantitative estimate of drug-likeness (QED) is 0.586. The van der Waals surface area contributed by atoms with Gasteiger partial charge in [0.2, 0.25) is 5.91 Å². The first-order valence-corrected chi connectivity index (χ1v) is 11.0. The van der Waals surface area contributed by atoms with E-state index in [0.29, 0.717) is 5.56 Å². The van der Waals surface area contributed by atoms with Gasteiger partial charge in [-0.25, -0.2) is 10.5 Å². The van der Waals surface area contributed by atoms with E-state index in [4.69, 9.17) is 4.84 Å². The third-order valence-electron chi connectivity index (χ3n) is 6.62. The van der Waals surface area contributed by atoms with Crippen LogP contribution in [-0.4, -0.2) is 27.5 Å². The van der Waals surface area contributed by atoms with Crippen molar-refractivity contribution < 1.29 is 14.4 Å². The van der Waals surface area contributed by atoms with Crippen LogP contribution in [0.2, 0.25) is 0 Å². The summed E-state index contributed by atoms with van der Waals surface area (Å²) in [4.78, 5) is 35.8. The van der Waals surface area contributed by atoms with Gasteiger partial charge in [0.1, 0.15) is 5.82 Å². The predicted molar refractivity (Wildman–Crippen MR) is 119 cm³/mol. The minimum absolute atomic E-state index is 0.0514. The summed E-state index contributed by atoms with van der Waals surface area (Å²) in [6.45, 7) is 1.84. The standard InChI is InChI=1S/C25H26N4O3/c1-17(32-28-23(30)19-8-3-2-4-9-19)25(13-14-25)24(31)27-20-12-11-18-7-5-6-10-21(18)29-16-15-26-22(20)29/h2-10,15-17,20H,11-14H2,1H3,(H,27,31)(H,28,30)/t17?,20-/m1/s1. The number of nitrogens with one attached hydrogen (secondary N) is 2. The lowest BCUT2D eigenvalue weighted by molar-refractivity contribution is -0.135. The first-order valence-electron chi connectivity index (χ1n) is 11.0. The molecule has 5 rings (SSSR count). The lowest BCUT2D eigenvalue weighted by atomic mass is 9.98. The monoisotopic (exact) mass is 430 g/mol. The Morgan fingerprint density at radius 2 is 1.88 bits per heavy atom. The van der Waals surface area contributed by atoms with Gasteiger partial charge in [-0.2, -0.15) is 0 Å². The molecule has 7 nitrogen and oxygen atoms in total. The summed E-state index contributed by atoms with van der Waals surface area (Å²) >= 11 is 0. The highest BCUT2D eigenvalue weighted by atomic mass is 16.7. The Morgan fingerprint density at radius 1 is 1.12 bits per heavy atom. The van der Waals surface area contributed by atoms with Crippen molar-refractivity contribution in [3.63, 3.8) is 0 Å². The summed E-state index contributed by atoms with van der Waals surface area (Å²) in [6, 6.07) is 16.9. The van der Waals surface area contributed by atoms with E-state index < -0.39 is 11.5 Å². The van der Waals surface area contributed by atoms with Crippen molar-refractivity contribution >= 4 is 11.8 Å². The van der Waals surface area contributed by atoms with E-state index in [2.05, 4.69) is 32.5 Å². The average molecular weight is 431 g/mol. The number of fused-ring (bicyclic) bond motifs is 3. The van der Waals surface area contributed by atoms with Gasteiger partial charge < -0.3 is 9.88 Å². The molecule has 7 heteroatoms. The first-order chi connectivity index (χ1) is 15.6. The van der Waals surface area contributed by atoms with E-state index >= 15 is 0 Å². The summed E-state index contributed by atoms with van der Waals surface area (Å²) in [5.74, 6) is 0.465. The molecule has 3 aromatic rings. The molecule has 2 heterocycles. The summed E-state index contributed by atoms with van der Waals surface area (Å²) in [5.41, 5.74) is 4.73. The van der Waals surface area contributed by atoms with Crippen LogP contribution in [0.4, 0.5) is 0 Å². The molecular formula is C25H26N4O3. The van der Waals surface area contributed by atoms with Crippen molar-refractivity contribution in [2.24, 2.45) is 5.41 Å². The molecule has 2 atom stereocenters. The number of hydroxylamine groups is 1. The van der Waals surface area contributed by atoms with Gasteiger partial charge in [0.15, 0.2) is 0 Å². The van der Waals surface area contributed by atoms with Gasteiger partial charge in [0.25, 0.3) is 5.91 Å². The molecule has 2 aromatic carbocycles. The van der Waals surface area contributed by atoms with E-state index in [1.165, 1.54) is 5.56 Å². The van der Waals surface area contributed by atoms with Crippen molar-refractivity contribution in [3.8, 4) is 5.69 Å². The SMILES string of the molecule is CC(ONC(=O)c1ccccc1)C1(C(=O)N[C@@H]2CCc3ccccc3-n3ccnc32)CC1. The second-order valence-corrected chi connectivity index (χ2v) is 8.56. The van der Waals surface area contributed by atoms with Gasteiger partial charge in [-0.05, 0) is 56.4 Å². The van der Waals surface area contributed by atoms with Crippen molar-refractivity contribution in [1.82, 2.24) is 20.3 Å². The molecule has 1 aromatic heterocycles. The molecule has 32 heavy (non-hydrogen) atoms. The molecule has 0 saturated heterocycles. The number of benzene rings is 2. The van der Waals surface area contributed by atoms with E-state index in [1.54, 1.807) is 30.5 Å². The zero-order chi connectivity index (χ0) is 22.1. The van der Waals surface area contributed by atoms with E-state index in [-0.39, 0.29) is 17.9 Å². The Labute approximate surface area is 186 Å². The third-order valence-corrected chi connectivity index (χ3v) is 6.62. The number of aromatic nitrogens is 2. The molecule has 2 aliphatic rings. The van der Waals surface area contributed by atoms with Crippen LogP contribution in [0.1, 0.15) is 54.0 Å². The maximum atomic E-state index is 13.3. The van der Waals surface area contributed by atoms with Gasteiger partial charge in [0, 0.05) is 23.6 Å². The van der Waals surface area contributed by atoms with E-state index in [0.717, 1.165) is 37.2 Å². The Bertz CT molecular complexity index is 1140. The summed E-state index contributed by atoms with van der Waals surface area (Å²) in [5, 5.41) is 3.22. The molecule has 1 aliphatic heterocycles. The second kappa shape index (κ2) is 8.24. The van der Waals surface area contributed by atoms with Crippen LogP contribution < -0.4 is 10.8 Å². The zero-order valence-electron chi connectivity index (χ0n) is 18.0. The zero-order valence-corrected chi connectivity index (χ0v) is 18.0. The molecule has 0 radical (unpaired) electrons. The van der Waals surface area contributed by atoms with Gasteiger partial charge in [-0.15, -0.1) is 0 Å². The Kier molecular flexibility index (Phi) is 5.27. The van der Waals surface area contributed by atoms with Crippen LogP contribution in [0, 0.1) is 5.41 Å². The smallest absolute Gasteiger partial charge is 0.274 e. The average Bonchev–Trinajstić information content (AvgIpc) is 3.54. The number of carbonyl (C=O) groups excluding carboxylic acids is 2. The topological polar surface area (TPSA) is 85.2 Å². The molecule has 0 bridgehead atoms. The number of hydrogen-bond acceptors (Lipinski definition) is 4. The number of nitrogens with zero attached hydrogens (tertiary/aromatic N) is 2. The van der Waals surface area contributed by atoms with Gasteiger partial charge in [0.05, 0.1) is 17.6 Å². The Morgan fingerprint density at radius 3 is 2.66 bits per heavy atom. The Balaban J connectivity index is 1.26. The normalized spacial score (nSPS) is 19.1. The van der Waals surface area contributed by atoms with Gasteiger partial charge >= 0.3 is 0 Å². The predicted octanol–water partition coefficient (Wildman–Crippen LogP) is 3.51. The summed E-state index contributed by atoms with van der Waals surface area (Å²) < 4.78 is 2.06. The van der Waals surface area contributed by atoms with Crippen LogP contribution >= 0.6 is 0 Å². The molecule has 164 valence electrons. The van der Waals surface area contributed by atoms with Crippen LogP contribution in [-0.2, 0) is 16.1 Å². The van der Waals surface area contributed by atoms with Crippen molar-refractivity contribution in [2.45, 2.75) is 44.8 Å². The molecule has 2 N–H and O–H groups in total. The van der Waals surface area contributed by atoms with Gasteiger partial charge in [-0.3, -0.25) is 14.4 Å². The lowest BCUT2D eigenvalue weighted by Crippen LogP contribution is -2.43. The molecule has 1 saturated carbocycles. The number of rotatable bonds is 6. The number of hydrogen-bond donors (Lipinski definition) is 2. The highest BCUT2D eigenvalue weighted by Crippen LogP contribution is 2.50. The lowest BCUT2D eigenvalue weighted by Gasteiger charge is -2.25. The molecule has 2 amide bonds. The van der Waals surface area contributed by atoms with Crippen molar-refractivity contribution in [1.29, 1.82) is 0 Å². The van der Waals surface area contributed by atoms with Crippen LogP contribution in [0.3, 0.4) is 0 Å². The second-order valence-electron chi connectivity index (χ2n) is 8.56. The van der Waals surface area contributed by atoms with Crippen LogP contribution in [0.15, 0.2) is 67.0 Å². The van der Waals surface area contributed by atoms with Crippen molar-refractivity contribution in [2.75, 3.05) is 0 Å². The fourth-order valence-electron chi connectivity index (χ4n) is 4.46. The molecule has 0 spiro atoms. The largest absolute Gasteiger partial charge is 0.346 e. The van der Waals surface area contributed by atoms with Crippen LogP contribution in [0.25, 0.3) is 5.69 Å². The fourth-order valence-corrected chi connectivity index (χ4v) is 4.46. The molecule has 1 aliphatic carbocycles. The van der Waals surface area contributed by atoms with E-state index in [9.17, 15) is 9.59 Å². The maximum absolute atomic E-state index is 13.3. The minimum Gasteiger partial charge on any atom is -0.346 e. The summed E-state index contributed by atoms with van der Waals surface area (Å²) in [6.07, 6.45) is 6.35. The first kappa shape index (κ1) is 20.5. The van der Waals surface area contributed by atoms with E-state index in [1.807, 2.05) is 31.3 Å². The fraction of sp³-hybridized carbons (Fsp3) is 0.320. The molecule has 1 fully saturated rings. The highest BCUT2D eigenvalue weighted by Gasteiger charge is 2.55. The minimum atomic E-state index is -0.638. The van der Waals surface area contributed by atoms with Crippen LogP contribution in [0.5, 0.6) is 0 Å². The number of amides is 2. The number of aryl methyl sites for hydroxylation is 1. The number of para-hydroxylation sites is 1. The third kappa shape index (κ3) is 3.69. The molecular weight excluding hydrogens is 404 g/mol. The Hall–Kier alpha value is -3.45. The number of carbonyl (C=O) groups is 2.